The Morgan fingerprint density at radius 2 is 1.95 bits per heavy atom. The molecule has 0 unspecified atom stereocenters. The maximum atomic E-state index is 13.9. The largest absolute Gasteiger partial charge is 0.480 e. The van der Waals surface area contributed by atoms with Crippen LogP contribution in [-0.4, -0.2) is 28.1 Å². The van der Waals surface area contributed by atoms with Gasteiger partial charge in [-0.25, -0.2) is 8.78 Å². The van der Waals surface area contributed by atoms with Crippen LogP contribution in [-0.2, 0) is 11.3 Å². The zero-order chi connectivity index (χ0) is 14.8. The predicted octanol–water partition coefficient (Wildman–Crippen LogP) is 3.41. The summed E-state index contributed by atoms with van der Waals surface area (Å²) in [6, 6.07) is 2.44. The molecule has 6 heteroatoms. The van der Waals surface area contributed by atoms with Crippen molar-refractivity contribution in [3.8, 4) is 0 Å². The van der Waals surface area contributed by atoms with Gasteiger partial charge >= 0.3 is 5.97 Å². The summed E-state index contributed by atoms with van der Waals surface area (Å²) >= 11 is 2.99. The summed E-state index contributed by atoms with van der Waals surface area (Å²) in [6.07, 6.45) is 0. The second-order valence-corrected chi connectivity index (χ2v) is 6.10. The van der Waals surface area contributed by atoms with Gasteiger partial charge in [0.2, 0.25) is 0 Å². The van der Waals surface area contributed by atoms with Gasteiger partial charge in [-0.3, -0.25) is 9.69 Å². The molecule has 0 bridgehead atoms. The molecule has 3 nitrogen and oxygen atoms in total. The Balaban J connectivity index is 3.10. The normalized spacial score (nSPS) is 11.9. The van der Waals surface area contributed by atoms with Crippen LogP contribution >= 0.6 is 15.9 Å². The van der Waals surface area contributed by atoms with E-state index in [2.05, 4.69) is 15.9 Å². The minimum Gasteiger partial charge on any atom is -0.480 e. The van der Waals surface area contributed by atoms with Crippen molar-refractivity contribution < 1.29 is 18.7 Å². The van der Waals surface area contributed by atoms with Crippen LogP contribution in [0.25, 0.3) is 0 Å². The number of carboxylic acids is 1. The highest BCUT2D eigenvalue weighted by atomic mass is 79.9. The van der Waals surface area contributed by atoms with E-state index in [1.54, 1.807) is 20.8 Å². The van der Waals surface area contributed by atoms with Gasteiger partial charge in [-0.1, -0.05) is 0 Å². The highest BCUT2D eigenvalue weighted by Crippen LogP contribution is 2.25. The summed E-state index contributed by atoms with van der Waals surface area (Å²) in [5.41, 5.74) is -0.648. The zero-order valence-electron chi connectivity index (χ0n) is 11.0. The van der Waals surface area contributed by atoms with E-state index in [1.165, 1.54) is 11.0 Å². The minimum atomic E-state index is -1.04. The Morgan fingerprint density at radius 1 is 1.37 bits per heavy atom. The van der Waals surface area contributed by atoms with Crippen LogP contribution in [0.4, 0.5) is 8.78 Å². The van der Waals surface area contributed by atoms with Crippen LogP contribution < -0.4 is 0 Å². The van der Waals surface area contributed by atoms with Crippen molar-refractivity contribution in [2.45, 2.75) is 32.9 Å². The average Bonchev–Trinajstić information content (AvgIpc) is 2.26. The first-order valence-electron chi connectivity index (χ1n) is 5.72. The number of halogens is 3. The number of benzene rings is 1. The quantitative estimate of drug-likeness (QED) is 0.857. The van der Waals surface area contributed by atoms with E-state index >= 15 is 0 Å². The van der Waals surface area contributed by atoms with Crippen molar-refractivity contribution in [2.24, 2.45) is 0 Å². The van der Waals surface area contributed by atoms with Gasteiger partial charge in [-0.05, 0) is 48.8 Å². The Morgan fingerprint density at radius 3 is 2.42 bits per heavy atom. The maximum Gasteiger partial charge on any atom is 0.317 e. The molecule has 0 saturated carbocycles. The Bertz CT molecular complexity index is 486. The fourth-order valence-corrected chi connectivity index (χ4v) is 1.97. The third kappa shape index (κ3) is 4.24. The molecule has 19 heavy (non-hydrogen) atoms. The lowest BCUT2D eigenvalue weighted by Gasteiger charge is -2.34. The molecule has 0 atom stereocenters. The lowest BCUT2D eigenvalue weighted by molar-refractivity contribution is -0.140. The first-order chi connectivity index (χ1) is 8.62. The number of carboxylic acid groups (broad SMARTS) is 1. The number of aliphatic carboxylic acids is 1. The minimum absolute atomic E-state index is 0.104. The Hall–Kier alpha value is -1.01. The van der Waals surface area contributed by atoms with Gasteiger partial charge < -0.3 is 5.11 Å². The summed E-state index contributed by atoms with van der Waals surface area (Å²) in [6.45, 7) is 5.00. The third-order valence-electron chi connectivity index (χ3n) is 2.76. The number of rotatable bonds is 4. The molecule has 0 fully saturated rings. The standard InChI is InChI=1S/C13H16BrF2NO2/c1-13(2,3)17(7-11(18)19)6-8-10(15)5-4-9(14)12(8)16/h4-5H,6-7H2,1-3H3,(H,18,19). The van der Waals surface area contributed by atoms with E-state index in [9.17, 15) is 13.6 Å². The molecule has 106 valence electrons. The van der Waals surface area contributed by atoms with E-state index in [-0.39, 0.29) is 23.1 Å². The first kappa shape index (κ1) is 16.0. The molecule has 1 N–H and O–H groups in total. The van der Waals surface area contributed by atoms with Crippen molar-refractivity contribution in [2.75, 3.05) is 6.54 Å². The van der Waals surface area contributed by atoms with E-state index in [1.807, 2.05) is 0 Å². The van der Waals surface area contributed by atoms with Crippen molar-refractivity contribution >= 4 is 21.9 Å². The molecule has 0 aliphatic heterocycles. The fraction of sp³-hybridized carbons (Fsp3) is 0.462. The van der Waals surface area contributed by atoms with Crippen molar-refractivity contribution in [3.63, 3.8) is 0 Å². The van der Waals surface area contributed by atoms with E-state index in [4.69, 9.17) is 5.11 Å². The molecule has 0 aliphatic carbocycles. The number of hydrogen-bond donors (Lipinski definition) is 1. The lowest BCUT2D eigenvalue weighted by atomic mass is 10.0. The van der Waals surface area contributed by atoms with Gasteiger partial charge in [0.05, 0.1) is 11.0 Å². The zero-order valence-corrected chi connectivity index (χ0v) is 12.6. The van der Waals surface area contributed by atoms with Gasteiger partial charge in [-0.15, -0.1) is 0 Å². The SMILES string of the molecule is CC(C)(C)N(CC(=O)O)Cc1c(F)ccc(Br)c1F. The average molecular weight is 336 g/mol. The van der Waals surface area contributed by atoms with Gasteiger partial charge in [0, 0.05) is 17.6 Å². The highest BCUT2D eigenvalue weighted by molar-refractivity contribution is 9.10. The van der Waals surface area contributed by atoms with Crippen LogP contribution in [0.1, 0.15) is 26.3 Å². The number of nitrogens with zero attached hydrogens (tertiary/aromatic N) is 1. The Labute approximate surface area is 119 Å². The molecule has 1 aromatic rings. The molecule has 0 saturated heterocycles. The third-order valence-corrected chi connectivity index (χ3v) is 3.38. The molecule has 0 heterocycles. The number of carbonyl (C=O) groups is 1. The fourth-order valence-electron chi connectivity index (χ4n) is 1.60. The maximum absolute atomic E-state index is 13.9. The van der Waals surface area contributed by atoms with Crippen molar-refractivity contribution in [1.82, 2.24) is 4.90 Å². The molecule has 0 radical (unpaired) electrons. The number of hydrogen-bond acceptors (Lipinski definition) is 2. The second-order valence-electron chi connectivity index (χ2n) is 5.24. The Kier molecular flexibility index (Phi) is 5.04. The predicted molar refractivity (Wildman–Crippen MR) is 71.9 cm³/mol. The lowest BCUT2D eigenvalue weighted by Crippen LogP contribution is -2.44. The summed E-state index contributed by atoms with van der Waals surface area (Å²) in [5.74, 6) is -2.41. The van der Waals surface area contributed by atoms with E-state index in [0.29, 0.717) is 0 Å². The molecule has 0 amide bonds. The van der Waals surface area contributed by atoms with Crippen LogP contribution in [0, 0.1) is 11.6 Å². The summed E-state index contributed by atoms with van der Waals surface area (Å²) in [5, 5.41) is 8.88. The van der Waals surface area contributed by atoms with Crippen LogP contribution in [0.5, 0.6) is 0 Å². The second kappa shape index (κ2) is 5.96. The van der Waals surface area contributed by atoms with E-state index < -0.39 is 23.1 Å². The molecule has 1 aromatic carbocycles. The van der Waals surface area contributed by atoms with Crippen molar-refractivity contribution in [3.05, 3.63) is 33.8 Å². The summed E-state index contributed by atoms with van der Waals surface area (Å²) in [7, 11) is 0. The molecular formula is C13H16BrF2NO2. The molecule has 0 aliphatic rings. The summed E-state index contributed by atoms with van der Waals surface area (Å²) in [4.78, 5) is 12.3. The molecule has 0 spiro atoms. The van der Waals surface area contributed by atoms with Gasteiger partial charge in [-0.2, -0.15) is 0 Å². The van der Waals surface area contributed by atoms with Crippen LogP contribution in [0.15, 0.2) is 16.6 Å². The topological polar surface area (TPSA) is 40.5 Å². The van der Waals surface area contributed by atoms with Gasteiger partial charge in [0.25, 0.3) is 0 Å². The molecular weight excluding hydrogens is 320 g/mol. The van der Waals surface area contributed by atoms with Crippen LogP contribution in [0.2, 0.25) is 0 Å². The smallest absolute Gasteiger partial charge is 0.317 e. The van der Waals surface area contributed by atoms with Gasteiger partial charge in [0.15, 0.2) is 0 Å². The monoisotopic (exact) mass is 335 g/mol. The molecule has 1 rings (SSSR count). The highest BCUT2D eigenvalue weighted by Gasteiger charge is 2.26. The molecule has 0 aromatic heterocycles. The van der Waals surface area contributed by atoms with Gasteiger partial charge in [0.1, 0.15) is 11.6 Å². The van der Waals surface area contributed by atoms with E-state index in [0.717, 1.165) is 6.07 Å². The van der Waals surface area contributed by atoms with Crippen molar-refractivity contribution in [1.29, 1.82) is 0 Å². The van der Waals surface area contributed by atoms with Crippen LogP contribution in [0.3, 0.4) is 0 Å². The summed E-state index contributed by atoms with van der Waals surface area (Å²) < 4.78 is 27.7. The first-order valence-corrected chi connectivity index (χ1v) is 6.51.